The largest absolute Gasteiger partial charge is 0.384 e. The van der Waals surface area contributed by atoms with Crippen LogP contribution in [0.2, 0.25) is 0 Å². The molecule has 0 radical (unpaired) electrons. The van der Waals surface area contributed by atoms with Crippen molar-refractivity contribution in [3.05, 3.63) is 143 Å². The minimum atomic E-state index is -1.04. The number of anilines is 3. The number of rotatable bonds is 11. The number of nitrogens with one attached hydrogen (secondary N) is 2. The number of piperidine rings is 2. The highest BCUT2D eigenvalue weighted by Crippen LogP contribution is 2.46. The third-order valence-electron chi connectivity index (χ3n) is 16.0. The molecule has 3 aromatic carbocycles. The van der Waals surface area contributed by atoms with E-state index < -0.39 is 35.1 Å². The van der Waals surface area contributed by atoms with Crippen LogP contribution in [0.5, 0.6) is 0 Å². The van der Waals surface area contributed by atoms with Gasteiger partial charge >= 0.3 is 0 Å². The molecule has 390 valence electrons. The molecule has 18 nitrogen and oxygen atoms in total. The molecule has 4 N–H and O–H groups in total. The zero-order valence-electron chi connectivity index (χ0n) is 42.5. The highest BCUT2D eigenvalue weighted by Gasteiger charge is 2.49. The van der Waals surface area contributed by atoms with Crippen molar-refractivity contribution in [3.63, 3.8) is 0 Å². The predicted octanol–water partition coefficient (Wildman–Crippen LogP) is 6.18. The highest BCUT2D eigenvalue weighted by atomic mass is 19.1. The lowest BCUT2D eigenvalue weighted by molar-refractivity contribution is -0.142. The predicted molar refractivity (Wildman–Crippen MR) is 286 cm³/mol. The number of nitrogens with two attached hydrogens (primary N) is 1. The van der Waals surface area contributed by atoms with Gasteiger partial charge in [-0.3, -0.25) is 48.3 Å². The third-order valence-corrected chi connectivity index (χ3v) is 16.0. The summed E-state index contributed by atoms with van der Waals surface area (Å²) in [6, 6.07) is 25.0. The van der Waals surface area contributed by atoms with Gasteiger partial charge in [0.2, 0.25) is 17.7 Å². The molecular weight excluding hydrogens is 978 g/mol. The van der Waals surface area contributed by atoms with Gasteiger partial charge in [-0.1, -0.05) is 36.5 Å². The first kappa shape index (κ1) is 49.1. The number of carbonyl (C=O) groups is 5. The van der Waals surface area contributed by atoms with Crippen molar-refractivity contribution in [2.75, 3.05) is 61.8 Å². The summed E-state index contributed by atoms with van der Waals surface area (Å²) in [5.41, 5.74) is 13.2. The SMILES string of the molecule is Cc1nc2ccc(-c3ccnc(N)c3)nc2n1-c1ccc(N2CCN(CC#Cc3ccc(C4(C(=O)N5CCC(n6cc(CNc7cccc8c7C(=O)N(C7CCC(=O)NC7=O)C8=O)cn6)CC5)CCC4)cc3)CC2)c(F)c1. The first-order valence-corrected chi connectivity index (χ1v) is 26.3. The second-order valence-corrected chi connectivity index (χ2v) is 20.6. The first-order chi connectivity index (χ1) is 37.4. The topological polar surface area (TPSA) is 210 Å². The Morgan fingerprint density at radius 1 is 0.896 bits per heavy atom. The summed E-state index contributed by atoms with van der Waals surface area (Å²) < 4.78 is 19.8. The molecule has 4 aliphatic heterocycles. The Labute approximate surface area is 443 Å². The van der Waals surface area contributed by atoms with E-state index in [1.54, 1.807) is 42.7 Å². The van der Waals surface area contributed by atoms with Crippen LogP contribution in [0.1, 0.15) is 94.2 Å². The molecule has 19 heteroatoms. The van der Waals surface area contributed by atoms with Crippen LogP contribution in [0.3, 0.4) is 0 Å². The molecule has 3 saturated heterocycles. The van der Waals surface area contributed by atoms with Crippen LogP contribution in [0.15, 0.2) is 104 Å². The summed E-state index contributed by atoms with van der Waals surface area (Å²) in [5.74, 6) is 5.47. The van der Waals surface area contributed by atoms with Gasteiger partial charge < -0.3 is 20.9 Å². The second-order valence-electron chi connectivity index (χ2n) is 20.6. The van der Waals surface area contributed by atoms with Crippen molar-refractivity contribution in [2.24, 2.45) is 0 Å². The van der Waals surface area contributed by atoms with E-state index in [0.717, 1.165) is 78.0 Å². The fourth-order valence-electron chi connectivity index (χ4n) is 11.6. The molecule has 12 rings (SSSR count). The van der Waals surface area contributed by atoms with Gasteiger partial charge in [0, 0.05) is 93.1 Å². The number of imidazole rings is 1. The molecule has 0 spiro atoms. The number of nitrogen functional groups attached to an aromatic ring is 1. The Bertz CT molecular complexity index is 3580. The number of halogens is 1. The third kappa shape index (κ3) is 9.21. The van der Waals surface area contributed by atoms with Crippen molar-refractivity contribution >= 4 is 57.9 Å². The van der Waals surface area contributed by atoms with Gasteiger partial charge in [0.25, 0.3) is 11.8 Å². The minimum absolute atomic E-state index is 0.0516. The van der Waals surface area contributed by atoms with Crippen LogP contribution in [-0.4, -0.2) is 125 Å². The number of carbonyl (C=O) groups excluding carboxylic acids is 5. The Balaban J connectivity index is 0.616. The van der Waals surface area contributed by atoms with Crippen molar-refractivity contribution in [2.45, 2.75) is 75.9 Å². The number of piperazine rings is 1. The number of likely N-dealkylation sites (tertiary alicyclic amines) is 1. The van der Waals surface area contributed by atoms with E-state index in [4.69, 9.17) is 15.7 Å². The van der Waals surface area contributed by atoms with Crippen molar-refractivity contribution < 1.29 is 28.4 Å². The summed E-state index contributed by atoms with van der Waals surface area (Å²) in [6.45, 7) is 6.91. The second kappa shape index (κ2) is 20.1. The van der Waals surface area contributed by atoms with E-state index in [2.05, 4.69) is 54.5 Å². The molecule has 1 saturated carbocycles. The zero-order chi connectivity index (χ0) is 53.0. The van der Waals surface area contributed by atoms with E-state index in [-0.39, 0.29) is 41.7 Å². The van der Waals surface area contributed by atoms with Crippen LogP contribution >= 0.6 is 0 Å². The Hall–Kier alpha value is -8.76. The lowest BCUT2D eigenvalue weighted by Gasteiger charge is -2.45. The fourth-order valence-corrected chi connectivity index (χ4v) is 11.6. The van der Waals surface area contributed by atoms with Gasteiger partial charge in [0.15, 0.2) is 5.65 Å². The van der Waals surface area contributed by atoms with Crippen LogP contribution in [0.25, 0.3) is 28.1 Å². The molecule has 4 aromatic heterocycles. The molecule has 0 bridgehead atoms. The summed E-state index contributed by atoms with van der Waals surface area (Å²) in [5, 5.41) is 10.2. The van der Waals surface area contributed by atoms with E-state index in [1.807, 2.05) is 69.7 Å². The minimum Gasteiger partial charge on any atom is -0.384 e. The van der Waals surface area contributed by atoms with Gasteiger partial charge in [0.05, 0.1) is 52.4 Å². The van der Waals surface area contributed by atoms with E-state index in [9.17, 15) is 24.0 Å². The summed E-state index contributed by atoms with van der Waals surface area (Å²) >= 11 is 0. The average molecular weight is 1030 g/mol. The molecule has 7 aromatic rings. The van der Waals surface area contributed by atoms with Crippen molar-refractivity contribution in [1.82, 2.24) is 49.3 Å². The van der Waals surface area contributed by atoms with E-state index >= 15 is 4.39 Å². The van der Waals surface area contributed by atoms with Crippen LogP contribution < -0.4 is 21.3 Å². The number of hydrogen-bond acceptors (Lipinski definition) is 13. The maximum Gasteiger partial charge on any atom is 0.264 e. The standard InChI is InChI=1S/C58H56FN13O5/c1-36-64-47-14-13-45(39-18-23-61-50(60)31-39)65-53(47)71(36)42-12-15-48(44(59)32-42)68-29-27-67(28-30-68)24-3-5-37-8-10-40(11-9-37)58(21-4-22-58)57(77)69-25-19-41(20-26-69)70-35-38(34-63-70)33-62-46-7-2-6-43-52(46)56(76)72(55(43)75)49-16-17-51(73)66-54(49)74/h2,6-15,18,23,31-32,34-35,41,49,62H,4,16-17,19-22,24-30,33H2,1H3,(H2,60,61)(H,66,73,74). The highest BCUT2D eigenvalue weighted by molar-refractivity contribution is 6.25. The summed E-state index contributed by atoms with van der Waals surface area (Å²) in [7, 11) is 0. The van der Waals surface area contributed by atoms with Crippen LogP contribution in [-0.2, 0) is 26.3 Å². The summed E-state index contributed by atoms with van der Waals surface area (Å²) in [4.78, 5) is 86.5. The molecule has 1 unspecified atom stereocenters. The number of imide groups is 2. The van der Waals surface area contributed by atoms with Gasteiger partial charge in [0.1, 0.15) is 29.0 Å². The van der Waals surface area contributed by atoms with Gasteiger partial charge in [-0.2, -0.15) is 5.10 Å². The van der Waals surface area contributed by atoms with Gasteiger partial charge in [-0.05, 0) is 105 Å². The van der Waals surface area contributed by atoms with E-state index in [1.165, 1.54) is 0 Å². The number of benzene rings is 3. The normalized spacial score (nSPS) is 18.7. The first-order valence-electron chi connectivity index (χ1n) is 26.3. The number of nitrogens with zero attached hydrogens (tertiary/aromatic N) is 10. The maximum absolute atomic E-state index is 15.9. The molecular formula is C58H56FN13O5. The van der Waals surface area contributed by atoms with Crippen molar-refractivity contribution in [1.29, 1.82) is 0 Å². The zero-order valence-corrected chi connectivity index (χ0v) is 42.5. The van der Waals surface area contributed by atoms with Gasteiger partial charge in [-0.25, -0.2) is 19.3 Å². The van der Waals surface area contributed by atoms with Crippen LogP contribution in [0.4, 0.5) is 21.6 Å². The molecule has 5 aliphatic rings. The maximum atomic E-state index is 15.9. The van der Waals surface area contributed by atoms with Crippen LogP contribution in [0, 0.1) is 24.6 Å². The smallest absolute Gasteiger partial charge is 0.264 e. The Morgan fingerprint density at radius 2 is 1.70 bits per heavy atom. The number of pyridine rings is 2. The molecule has 5 amide bonds. The number of fused-ring (bicyclic) bond motifs is 2. The average Bonchev–Trinajstić information content (AvgIpc) is 4.11. The number of amides is 5. The lowest BCUT2D eigenvalue weighted by atomic mass is 9.63. The van der Waals surface area contributed by atoms with Crippen molar-refractivity contribution in [3.8, 4) is 28.8 Å². The summed E-state index contributed by atoms with van der Waals surface area (Å²) in [6.07, 6.45) is 9.70. The quantitative estimate of drug-likeness (QED) is 0.0978. The molecule has 1 aliphatic carbocycles. The molecule has 4 fully saturated rings. The number of hydrogen-bond donors (Lipinski definition) is 3. The Kier molecular flexibility index (Phi) is 12.8. The number of aromatic nitrogens is 6. The molecule has 1 atom stereocenters. The van der Waals surface area contributed by atoms with Gasteiger partial charge in [-0.15, -0.1) is 0 Å². The number of aryl methyl sites for hydroxylation is 1. The van der Waals surface area contributed by atoms with E-state index in [0.29, 0.717) is 79.1 Å². The molecule has 8 heterocycles. The lowest BCUT2D eigenvalue weighted by Crippen LogP contribution is -2.54. The fraction of sp³-hybridized carbons (Fsp3) is 0.328. The Morgan fingerprint density at radius 3 is 2.44 bits per heavy atom. The monoisotopic (exact) mass is 1030 g/mol. The molecule has 77 heavy (non-hydrogen) atoms.